The van der Waals surface area contributed by atoms with E-state index < -0.39 is 0 Å². The number of thiophene rings is 1. The van der Waals surface area contributed by atoms with Crippen molar-refractivity contribution in [3.05, 3.63) is 54.6 Å². The van der Waals surface area contributed by atoms with E-state index >= 15 is 0 Å². The molecule has 1 heterocycles. The third-order valence-electron chi connectivity index (χ3n) is 4.25. The fourth-order valence-corrected chi connectivity index (χ4v) is 5.91. The Hall–Kier alpha value is -0.160. The molecule has 1 saturated carbocycles. The Balaban J connectivity index is 2.03. The Kier molecular flexibility index (Phi) is 5.20. The van der Waals surface area contributed by atoms with Gasteiger partial charge in [0, 0.05) is 0 Å². The maximum atomic E-state index is 3.73. The third-order valence-corrected chi connectivity index (χ3v) is 6.64. The molecule has 2 aromatic rings. The van der Waals surface area contributed by atoms with Crippen molar-refractivity contribution in [1.29, 1.82) is 0 Å². The Morgan fingerprint density at radius 2 is 2.00 bits per heavy atom. The molecule has 1 atom stereocenters. The summed E-state index contributed by atoms with van der Waals surface area (Å²) in [6.45, 7) is 3.14. The lowest BCUT2D eigenvalue weighted by Gasteiger charge is -2.31. The number of benzene rings is 1. The highest BCUT2D eigenvalue weighted by Crippen LogP contribution is 2.43. The number of hydrogen-bond donors (Lipinski definition) is 1. The highest BCUT2D eigenvalue weighted by Gasteiger charge is 2.26. The van der Waals surface area contributed by atoms with Crippen molar-refractivity contribution in [1.82, 2.24) is 5.32 Å². The first kappa shape index (κ1) is 15.7. The molecule has 1 N–H and O–H groups in total. The molecule has 112 valence electrons. The molecule has 3 rings (SSSR count). The lowest BCUT2D eigenvalue weighted by Crippen LogP contribution is -2.24. The van der Waals surface area contributed by atoms with Gasteiger partial charge in [-0.25, -0.2) is 0 Å². The van der Waals surface area contributed by atoms with E-state index in [0.717, 1.165) is 12.5 Å². The van der Waals surface area contributed by atoms with Crippen molar-refractivity contribution in [2.45, 2.75) is 38.1 Å². The highest BCUT2D eigenvalue weighted by molar-refractivity contribution is 9.12. The van der Waals surface area contributed by atoms with Gasteiger partial charge in [-0.1, -0.05) is 37.6 Å². The van der Waals surface area contributed by atoms with Gasteiger partial charge in [-0.15, -0.1) is 11.3 Å². The van der Waals surface area contributed by atoms with E-state index in [9.17, 15) is 0 Å². The van der Waals surface area contributed by atoms with Crippen LogP contribution in [0.3, 0.4) is 0 Å². The first-order chi connectivity index (χ1) is 10.2. The standard InChI is InChI=1S/C17H19Br2NS/c1-2-20-16(14-10-15(18)21-17(14)19)13-9-4-3-8-12(13)11-6-5-7-11/h3-4,8-11,16,20H,2,5-7H2,1H3. The number of halogens is 2. The van der Waals surface area contributed by atoms with E-state index in [0.29, 0.717) is 0 Å². The van der Waals surface area contributed by atoms with Crippen molar-refractivity contribution in [2.24, 2.45) is 0 Å². The van der Waals surface area contributed by atoms with Gasteiger partial charge in [0.2, 0.25) is 0 Å². The van der Waals surface area contributed by atoms with Crippen molar-refractivity contribution in [3.63, 3.8) is 0 Å². The third kappa shape index (κ3) is 3.29. The summed E-state index contributed by atoms with van der Waals surface area (Å²) < 4.78 is 2.39. The molecule has 1 unspecified atom stereocenters. The van der Waals surface area contributed by atoms with Crippen LogP contribution in [0.1, 0.15) is 54.8 Å². The van der Waals surface area contributed by atoms with Crippen LogP contribution in [0.15, 0.2) is 37.9 Å². The molecule has 21 heavy (non-hydrogen) atoms. The summed E-state index contributed by atoms with van der Waals surface area (Å²) in [4.78, 5) is 0. The van der Waals surface area contributed by atoms with E-state index in [-0.39, 0.29) is 6.04 Å². The van der Waals surface area contributed by atoms with Gasteiger partial charge in [-0.2, -0.15) is 0 Å². The first-order valence-electron chi connectivity index (χ1n) is 7.47. The Morgan fingerprint density at radius 3 is 2.57 bits per heavy atom. The largest absolute Gasteiger partial charge is 0.306 e. The van der Waals surface area contributed by atoms with Gasteiger partial charge in [0.05, 0.1) is 13.6 Å². The van der Waals surface area contributed by atoms with E-state index in [1.807, 2.05) is 0 Å². The van der Waals surface area contributed by atoms with Crippen LogP contribution in [0.4, 0.5) is 0 Å². The second-order valence-electron chi connectivity index (χ2n) is 5.53. The molecule has 0 amide bonds. The van der Waals surface area contributed by atoms with Crippen LogP contribution in [0.2, 0.25) is 0 Å². The normalized spacial score (nSPS) is 16.7. The van der Waals surface area contributed by atoms with Crippen molar-refractivity contribution in [2.75, 3.05) is 6.54 Å². The average Bonchev–Trinajstić information content (AvgIpc) is 2.74. The minimum Gasteiger partial charge on any atom is -0.306 e. The average molecular weight is 429 g/mol. The van der Waals surface area contributed by atoms with Crippen LogP contribution in [0, 0.1) is 0 Å². The van der Waals surface area contributed by atoms with E-state index in [1.165, 1.54) is 43.5 Å². The van der Waals surface area contributed by atoms with Gasteiger partial charge < -0.3 is 5.32 Å². The van der Waals surface area contributed by atoms with E-state index in [1.54, 1.807) is 11.3 Å². The zero-order chi connectivity index (χ0) is 14.8. The predicted octanol–water partition coefficient (Wildman–Crippen LogP) is 6.24. The molecular weight excluding hydrogens is 410 g/mol. The molecule has 1 aromatic heterocycles. The summed E-state index contributed by atoms with van der Waals surface area (Å²) in [6.07, 6.45) is 4.05. The predicted molar refractivity (Wildman–Crippen MR) is 98.3 cm³/mol. The van der Waals surface area contributed by atoms with Crippen LogP contribution in [0.25, 0.3) is 0 Å². The fourth-order valence-electron chi connectivity index (χ4n) is 3.01. The molecule has 4 heteroatoms. The van der Waals surface area contributed by atoms with Crippen molar-refractivity contribution >= 4 is 43.2 Å². The Bertz CT molecular complexity index is 619. The molecule has 0 bridgehead atoms. The lowest BCUT2D eigenvalue weighted by atomic mass is 9.76. The number of nitrogens with one attached hydrogen (secondary N) is 1. The summed E-state index contributed by atoms with van der Waals surface area (Å²) in [5.41, 5.74) is 4.31. The highest BCUT2D eigenvalue weighted by atomic mass is 79.9. The van der Waals surface area contributed by atoms with Crippen molar-refractivity contribution in [3.8, 4) is 0 Å². The van der Waals surface area contributed by atoms with Crippen molar-refractivity contribution < 1.29 is 0 Å². The van der Waals surface area contributed by atoms with E-state index in [4.69, 9.17) is 0 Å². The summed E-state index contributed by atoms with van der Waals surface area (Å²) in [7, 11) is 0. The van der Waals surface area contributed by atoms with Gasteiger partial charge in [0.15, 0.2) is 0 Å². The first-order valence-corrected chi connectivity index (χ1v) is 9.88. The molecule has 0 saturated heterocycles. The maximum absolute atomic E-state index is 3.73. The molecule has 1 aliphatic rings. The van der Waals surface area contributed by atoms with Crippen LogP contribution in [-0.4, -0.2) is 6.54 Å². The van der Waals surface area contributed by atoms with Crippen LogP contribution in [-0.2, 0) is 0 Å². The summed E-state index contributed by atoms with van der Waals surface area (Å²) in [6, 6.07) is 11.5. The zero-order valence-corrected chi connectivity index (χ0v) is 16.0. The van der Waals surface area contributed by atoms with Gasteiger partial charge in [-0.05, 0) is 79.9 Å². The molecule has 0 aliphatic heterocycles. The minimum atomic E-state index is 0.267. The summed E-state index contributed by atoms with van der Waals surface area (Å²) >= 11 is 9.08. The molecule has 0 spiro atoms. The number of rotatable bonds is 5. The smallest absolute Gasteiger partial charge is 0.0761 e. The van der Waals surface area contributed by atoms with Gasteiger partial charge in [0.1, 0.15) is 0 Å². The Morgan fingerprint density at radius 1 is 1.24 bits per heavy atom. The van der Waals surface area contributed by atoms with Crippen LogP contribution >= 0.6 is 43.2 Å². The van der Waals surface area contributed by atoms with Gasteiger partial charge >= 0.3 is 0 Å². The maximum Gasteiger partial charge on any atom is 0.0761 e. The van der Waals surface area contributed by atoms with E-state index in [2.05, 4.69) is 74.4 Å². The quantitative estimate of drug-likeness (QED) is 0.594. The molecular formula is C17H19Br2NS. The lowest BCUT2D eigenvalue weighted by molar-refractivity contribution is 0.414. The van der Waals surface area contributed by atoms with Crippen LogP contribution < -0.4 is 5.32 Å². The second-order valence-corrected chi connectivity index (χ2v) is 9.28. The topological polar surface area (TPSA) is 12.0 Å². The Labute approximate surface area is 147 Å². The molecule has 0 radical (unpaired) electrons. The monoisotopic (exact) mass is 427 g/mol. The molecule has 1 aliphatic carbocycles. The van der Waals surface area contributed by atoms with Gasteiger partial charge in [0.25, 0.3) is 0 Å². The zero-order valence-electron chi connectivity index (χ0n) is 12.0. The minimum absolute atomic E-state index is 0.267. The molecule has 1 aromatic carbocycles. The summed E-state index contributed by atoms with van der Waals surface area (Å²) in [5, 5.41) is 3.67. The second kappa shape index (κ2) is 6.95. The van der Waals surface area contributed by atoms with Crippen LogP contribution in [0.5, 0.6) is 0 Å². The fraction of sp³-hybridized carbons (Fsp3) is 0.412. The SMILES string of the molecule is CCNC(c1ccccc1C1CCC1)c1cc(Br)sc1Br. The molecule has 1 fully saturated rings. The van der Waals surface area contributed by atoms with Gasteiger partial charge in [-0.3, -0.25) is 0 Å². The number of hydrogen-bond acceptors (Lipinski definition) is 2. The summed E-state index contributed by atoms with van der Waals surface area (Å²) in [5.74, 6) is 0.753. The molecule has 1 nitrogen and oxygen atoms in total.